The first-order valence-electron chi connectivity index (χ1n) is 8.24. The highest BCUT2D eigenvalue weighted by Gasteiger charge is 2.24. The van der Waals surface area contributed by atoms with E-state index in [2.05, 4.69) is 9.97 Å². The molecule has 0 amide bonds. The van der Waals surface area contributed by atoms with Gasteiger partial charge in [-0.25, -0.2) is 18.7 Å². The van der Waals surface area contributed by atoms with E-state index in [-0.39, 0.29) is 11.3 Å². The van der Waals surface area contributed by atoms with Crippen molar-refractivity contribution >= 4 is 27.6 Å². The second kappa shape index (κ2) is 6.72. The molecule has 3 aromatic carbocycles. The van der Waals surface area contributed by atoms with Crippen molar-refractivity contribution in [3.63, 3.8) is 0 Å². The molecule has 0 saturated carbocycles. The van der Waals surface area contributed by atoms with Crippen molar-refractivity contribution in [3.05, 3.63) is 77.6 Å². The van der Waals surface area contributed by atoms with Gasteiger partial charge in [0.05, 0.1) is 18.1 Å². The Morgan fingerprint density at radius 2 is 1.52 bits per heavy atom. The van der Waals surface area contributed by atoms with Crippen LogP contribution in [0.4, 0.5) is 8.78 Å². The molecule has 4 nitrogen and oxygen atoms in total. The highest BCUT2D eigenvalue weighted by molar-refractivity contribution is 6.09. The number of aromatic nitrogens is 2. The monoisotopic (exact) mass is 364 g/mol. The van der Waals surface area contributed by atoms with E-state index in [1.807, 2.05) is 24.3 Å². The Balaban J connectivity index is 1.90. The van der Waals surface area contributed by atoms with Crippen LogP contribution in [0, 0.1) is 0 Å². The number of fused-ring (bicyclic) bond motifs is 2. The van der Waals surface area contributed by atoms with Crippen LogP contribution in [0.25, 0.3) is 21.8 Å². The average Bonchev–Trinajstić information content (AvgIpc) is 2.70. The van der Waals surface area contributed by atoms with Crippen LogP contribution < -0.4 is 4.74 Å². The highest BCUT2D eigenvalue weighted by Crippen LogP contribution is 2.27. The van der Waals surface area contributed by atoms with Gasteiger partial charge in [-0.05, 0) is 47.2 Å². The van der Waals surface area contributed by atoms with Gasteiger partial charge >= 0.3 is 0 Å². The van der Waals surface area contributed by atoms with E-state index in [4.69, 9.17) is 4.74 Å². The van der Waals surface area contributed by atoms with Crippen LogP contribution in [0.3, 0.4) is 0 Å². The van der Waals surface area contributed by atoms with Crippen LogP contribution in [0.5, 0.6) is 5.75 Å². The average molecular weight is 364 g/mol. The van der Waals surface area contributed by atoms with Crippen LogP contribution in [0.1, 0.15) is 28.2 Å². The van der Waals surface area contributed by atoms with Gasteiger partial charge in [-0.15, -0.1) is 0 Å². The molecule has 0 saturated heterocycles. The Kier molecular flexibility index (Phi) is 4.24. The van der Waals surface area contributed by atoms with Crippen LogP contribution >= 0.6 is 0 Å². The van der Waals surface area contributed by atoms with Crippen LogP contribution in [-0.2, 0) is 0 Å². The number of carbonyl (C=O) groups is 1. The molecule has 134 valence electrons. The van der Waals surface area contributed by atoms with E-state index in [9.17, 15) is 13.6 Å². The molecule has 1 heterocycles. The number of hydrogen-bond donors (Lipinski definition) is 0. The van der Waals surface area contributed by atoms with Crippen molar-refractivity contribution in [1.82, 2.24) is 9.97 Å². The molecule has 4 aromatic rings. The van der Waals surface area contributed by atoms with E-state index in [0.717, 1.165) is 10.8 Å². The van der Waals surface area contributed by atoms with Crippen molar-refractivity contribution in [2.24, 2.45) is 0 Å². The summed E-state index contributed by atoms with van der Waals surface area (Å²) in [6, 6.07) is 17.2. The first-order valence-corrected chi connectivity index (χ1v) is 8.24. The summed E-state index contributed by atoms with van der Waals surface area (Å²) < 4.78 is 32.2. The van der Waals surface area contributed by atoms with E-state index in [1.165, 1.54) is 19.2 Å². The summed E-state index contributed by atoms with van der Waals surface area (Å²) in [5.74, 6) is -0.0350. The van der Waals surface area contributed by atoms with Gasteiger partial charge in [-0.3, -0.25) is 4.79 Å². The minimum absolute atomic E-state index is 0.243. The summed E-state index contributed by atoms with van der Waals surface area (Å²) in [5.41, 5.74) is 0.0222. The number of benzene rings is 3. The molecule has 0 atom stereocenters. The molecule has 0 aliphatic carbocycles. The number of alkyl halides is 2. The summed E-state index contributed by atoms with van der Waals surface area (Å²) in [6.45, 7) is 0. The van der Waals surface area contributed by atoms with Gasteiger partial charge in [0.2, 0.25) is 5.78 Å². The van der Waals surface area contributed by atoms with Crippen LogP contribution in [0.15, 0.2) is 60.7 Å². The number of ketones is 1. The SMILES string of the molecule is COc1ccc(C(=O)c2nc3cc4ccccc4cc3nc2C(F)F)cc1. The number of ether oxygens (including phenoxy) is 1. The van der Waals surface area contributed by atoms with Crippen LogP contribution in [0.2, 0.25) is 0 Å². The summed E-state index contributed by atoms with van der Waals surface area (Å²) in [4.78, 5) is 21.1. The molecule has 0 radical (unpaired) electrons. The van der Waals surface area contributed by atoms with Crippen LogP contribution in [-0.4, -0.2) is 22.9 Å². The fraction of sp³-hybridized carbons (Fsp3) is 0.0952. The molecule has 0 fully saturated rings. The van der Waals surface area contributed by atoms with Gasteiger partial charge < -0.3 is 4.74 Å². The van der Waals surface area contributed by atoms with Gasteiger partial charge in [0, 0.05) is 5.56 Å². The number of nitrogens with zero attached hydrogens (tertiary/aromatic N) is 2. The highest BCUT2D eigenvalue weighted by atomic mass is 19.3. The predicted octanol–water partition coefficient (Wildman–Crippen LogP) is 4.96. The maximum absolute atomic E-state index is 13.6. The number of methoxy groups -OCH3 is 1. The standard InChI is InChI=1S/C21H14F2N2O2/c1-27-15-8-6-12(7-9-15)20(26)18-19(21(22)23)25-17-11-14-5-3-2-4-13(14)10-16(17)24-18/h2-11,21H,1H3. The third-order valence-electron chi connectivity index (χ3n) is 4.33. The second-order valence-electron chi connectivity index (χ2n) is 6.00. The maximum Gasteiger partial charge on any atom is 0.282 e. The minimum Gasteiger partial charge on any atom is -0.497 e. The molecule has 0 bridgehead atoms. The van der Waals surface area contributed by atoms with Gasteiger partial charge in [-0.2, -0.15) is 0 Å². The molecule has 0 N–H and O–H groups in total. The van der Waals surface area contributed by atoms with Crippen molar-refractivity contribution < 1.29 is 18.3 Å². The Labute approximate surface area is 153 Å². The van der Waals surface area contributed by atoms with E-state index in [1.54, 1.807) is 24.3 Å². The zero-order valence-electron chi connectivity index (χ0n) is 14.3. The topological polar surface area (TPSA) is 52.1 Å². The summed E-state index contributed by atoms with van der Waals surface area (Å²) in [6.07, 6.45) is -2.91. The maximum atomic E-state index is 13.6. The smallest absolute Gasteiger partial charge is 0.282 e. The molecule has 1 aromatic heterocycles. The number of rotatable bonds is 4. The fourth-order valence-electron chi connectivity index (χ4n) is 2.95. The zero-order valence-corrected chi connectivity index (χ0v) is 14.3. The number of hydrogen-bond acceptors (Lipinski definition) is 4. The third-order valence-corrected chi connectivity index (χ3v) is 4.33. The molecule has 4 rings (SSSR count). The third kappa shape index (κ3) is 3.10. The molecule has 6 heteroatoms. The Bertz CT molecular complexity index is 1160. The molecule has 0 aliphatic rings. The number of halogens is 2. The van der Waals surface area contributed by atoms with E-state index in [0.29, 0.717) is 16.8 Å². The van der Waals surface area contributed by atoms with Crippen molar-refractivity contribution in [2.75, 3.05) is 7.11 Å². The van der Waals surface area contributed by atoms with Crippen molar-refractivity contribution in [1.29, 1.82) is 0 Å². The quantitative estimate of drug-likeness (QED) is 0.379. The number of carbonyl (C=O) groups excluding carboxylic acids is 1. The van der Waals surface area contributed by atoms with Gasteiger partial charge in [0.1, 0.15) is 17.1 Å². The Hall–Kier alpha value is -3.41. The predicted molar refractivity (Wildman–Crippen MR) is 98.4 cm³/mol. The first kappa shape index (κ1) is 17.0. The molecule has 27 heavy (non-hydrogen) atoms. The largest absolute Gasteiger partial charge is 0.497 e. The Morgan fingerprint density at radius 3 is 2.07 bits per heavy atom. The lowest BCUT2D eigenvalue weighted by atomic mass is 10.0. The lowest BCUT2D eigenvalue weighted by Crippen LogP contribution is -2.11. The normalized spacial score (nSPS) is 11.3. The van der Waals surface area contributed by atoms with Crippen molar-refractivity contribution in [2.45, 2.75) is 6.43 Å². The second-order valence-corrected chi connectivity index (χ2v) is 6.00. The minimum atomic E-state index is -2.91. The van der Waals surface area contributed by atoms with Gasteiger partial charge in [-0.1, -0.05) is 24.3 Å². The van der Waals surface area contributed by atoms with Gasteiger partial charge in [0.25, 0.3) is 6.43 Å². The summed E-state index contributed by atoms with van der Waals surface area (Å²) in [5, 5.41) is 1.76. The lowest BCUT2D eigenvalue weighted by molar-refractivity contribution is 0.101. The summed E-state index contributed by atoms with van der Waals surface area (Å²) in [7, 11) is 1.50. The molecule has 0 aliphatic heterocycles. The zero-order chi connectivity index (χ0) is 19.0. The fourth-order valence-corrected chi connectivity index (χ4v) is 2.95. The summed E-state index contributed by atoms with van der Waals surface area (Å²) >= 11 is 0. The molecular weight excluding hydrogens is 350 g/mol. The molecular formula is C21H14F2N2O2. The van der Waals surface area contributed by atoms with Crippen molar-refractivity contribution in [3.8, 4) is 5.75 Å². The molecule has 0 spiro atoms. The Morgan fingerprint density at radius 1 is 0.926 bits per heavy atom. The van der Waals surface area contributed by atoms with Gasteiger partial charge in [0.15, 0.2) is 0 Å². The van der Waals surface area contributed by atoms with E-state index < -0.39 is 17.9 Å². The first-order chi connectivity index (χ1) is 13.1. The van der Waals surface area contributed by atoms with E-state index >= 15 is 0 Å². The lowest BCUT2D eigenvalue weighted by Gasteiger charge is -2.10. The molecule has 0 unspecified atom stereocenters.